The quantitative estimate of drug-likeness (QED) is 0.814. The molecule has 2 heteroatoms. The Kier molecular flexibility index (Phi) is 4.06. The van der Waals surface area contributed by atoms with Gasteiger partial charge in [-0.1, -0.05) is 12.1 Å². The third kappa shape index (κ3) is 3.74. The number of hydrogen-bond acceptors (Lipinski definition) is 2. The van der Waals surface area contributed by atoms with Crippen LogP contribution in [0.5, 0.6) is 5.75 Å². The Labute approximate surface area is 104 Å². The number of ether oxygens (including phenoxy) is 1. The van der Waals surface area contributed by atoms with Gasteiger partial charge in [-0.05, 0) is 63.8 Å². The van der Waals surface area contributed by atoms with Crippen LogP contribution in [-0.2, 0) is 0 Å². The van der Waals surface area contributed by atoms with Gasteiger partial charge in [0.05, 0.1) is 6.10 Å². The summed E-state index contributed by atoms with van der Waals surface area (Å²) in [6.45, 7) is 7.47. The van der Waals surface area contributed by atoms with E-state index in [2.05, 4.69) is 44.3 Å². The van der Waals surface area contributed by atoms with Crippen molar-refractivity contribution in [2.24, 2.45) is 0 Å². The van der Waals surface area contributed by atoms with Gasteiger partial charge in [0.1, 0.15) is 5.75 Å². The Hall–Kier alpha value is -1.02. The summed E-state index contributed by atoms with van der Waals surface area (Å²) in [7, 11) is 0. The Morgan fingerprint density at radius 2 is 2.12 bits per heavy atom. The molecule has 94 valence electrons. The topological polar surface area (TPSA) is 21.3 Å². The van der Waals surface area contributed by atoms with Crippen LogP contribution in [0.1, 0.15) is 37.3 Å². The minimum Gasteiger partial charge on any atom is -0.490 e. The van der Waals surface area contributed by atoms with Crippen molar-refractivity contribution in [2.45, 2.75) is 52.2 Å². The zero-order valence-electron chi connectivity index (χ0n) is 11.1. The summed E-state index contributed by atoms with van der Waals surface area (Å²) in [6.07, 6.45) is 4.06. The molecule has 0 spiro atoms. The first-order valence-corrected chi connectivity index (χ1v) is 6.63. The van der Waals surface area contributed by atoms with Gasteiger partial charge in [-0.25, -0.2) is 0 Å². The lowest BCUT2D eigenvalue weighted by molar-refractivity contribution is 0.208. The number of hydrogen-bond donors (Lipinski definition) is 1. The first-order chi connectivity index (χ1) is 8.16. The van der Waals surface area contributed by atoms with Crippen LogP contribution in [-0.4, -0.2) is 18.7 Å². The van der Waals surface area contributed by atoms with Gasteiger partial charge in [-0.2, -0.15) is 0 Å². The van der Waals surface area contributed by atoms with E-state index in [1.807, 2.05) is 0 Å². The molecule has 2 nitrogen and oxygen atoms in total. The molecule has 1 aliphatic carbocycles. The second-order valence-corrected chi connectivity index (χ2v) is 5.14. The third-order valence-electron chi connectivity index (χ3n) is 3.44. The van der Waals surface area contributed by atoms with Crippen LogP contribution in [0.4, 0.5) is 0 Å². The van der Waals surface area contributed by atoms with Gasteiger partial charge in [0.2, 0.25) is 0 Å². The smallest absolute Gasteiger partial charge is 0.122 e. The summed E-state index contributed by atoms with van der Waals surface area (Å²) in [5.74, 6) is 1.03. The highest BCUT2D eigenvalue weighted by Gasteiger charge is 2.20. The number of aryl methyl sites for hydroxylation is 1. The van der Waals surface area contributed by atoms with Gasteiger partial charge >= 0.3 is 0 Å². The normalized spacial score (nSPS) is 16.9. The van der Waals surface area contributed by atoms with Crippen molar-refractivity contribution in [2.75, 3.05) is 6.54 Å². The fourth-order valence-corrected chi connectivity index (χ4v) is 1.91. The summed E-state index contributed by atoms with van der Waals surface area (Å²) in [5.41, 5.74) is 2.56. The van der Waals surface area contributed by atoms with Gasteiger partial charge in [-0.3, -0.25) is 0 Å². The predicted octanol–water partition coefficient (Wildman–Crippen LogP) is 3.21. The lowest BCUT2D eigenvalue weighted by Gasteiger charge is -2.17. The summed E-state index contributed by atoms with van der Waals surface area (Å²) in [6, 6.07) is 7.05. The van der Waals surface area contributed by atoms with Crippen LogP contribution in [0.15, 0.2) is 18.2 Å². The van der Waals surface area contributed by atoms with Crippen LogP contribution in [0.3, 0.4) is 0 Å². The highest BCUT2D eigenvalue weighted by Crippen LogP contribution is 2.22. The van der Waals surface area contributed by atoms with E-state index in [0.717, 1.165) is 24.8 Å². The molecule has 1 atom stereocenters. The fraction of sp³-hybridized carbons (Fsp3) is 0.600. The van der Waals surface area contributed by atoms with Crippen molar-refractivity contribution in [3.8, 4) is 5.75 Å². The Morgan fingerprint density at radius 3 is 2.82 bits per heavy atom. The molecule has 0 amide bonds. The molecule has 0 aliphatic heterocycles. The van der Waals surface area contributed by atoms with Gasteiger partial charge in [0.15, 0.2) is 0 Å². The summed E-state index contributed by atoms with van der Waals surface area (Å²) >= 11 is 0. The summed E-state index contributed by atoms with van der Waals surface area (Å²) < 4.78 is 5.99. The molecule has 1 saturated carbocycles. The SMILES string of the molecule is Cc1cccc(OC(C)CCNC2CC2)c1C. The fourth-order valence-electron chi connectivity index (χ4n) is 1.91. The maximum Gasteiger partial charge on any atom is 0.122 e. The largest absolute Gasteiger partial charge is 0.490 e. The lowest BCUT2D eigenvalue weighted by atomic mass is 10.1. The van der Waals surface area contributed by atoms with Crippen LogP contribution in [0.25, 0.3) is 0 Å². The minimum atomic E-state index is 0.279. The second kappa shape index (κ2) is 5.54. The van der Waals surface area contributed by atoms with E-state index in [1.54, 1.807) is 0 Å². The molecule has 1 N–H and O–H groups in total. The second-order valence-electron chi connectivity index (χ2n) is 5.14. The van der Waals surface area contributed by atoms with E-state index in [9.17, 15) is 0 Å². The molecule has 1 fully saturated rings. The molecule has 0 heterocycles. The molecular formula is C15H23NO. The monoisotopic (exact) mass is 233 g/mol. The van der Waals surface area contributed by atoms with E-state index >= 15 is 0 Å². The first kappa shape index (κ1) is 12.4. The standard InChI is InChI=1S/C15H23NO/c1-11-5-4-6-15(13(11)3)17-12(2)9-10-16-14-7-8-14/h4-6,12,14,16H,7-10H2,1-3H3. The molecule has 0 aromatic heterocycles. The van der Waals surface area contributed by atoms with E-state index in [4.69, 9.17) is 4.74 Å². The minimum absolute atomic E-state index is 0.279. The Morgan fingerprint density at radius 1 is 1.35 bits per heavy atom. The molecule has 2 rings (SSSR count). The average Bonchev–Trinajstić information content (AvgIpc) is 3.09. The Bertz CT molecular complexity index is 371. The van der Waals surface area contributed by atoms with E-state index in [0.29, 0.717) is 0 Å². The van der Waals surface area contributed by atoms with Crippen LogP contribution < -0.4 is 10.1 Å². The predicted molar refractivity (Wildman–Crippen MR) is 71.6 cm³/mol. The number of nitrogens with one attached hydrogen (secondary N) is 1. The van der Waals surface area contributed by atoms with Crippen LogP contribution >= 0.6 is 0 Å². The van der Waals surface area contributed by atoms with E-state index < -0.39 is 0 Å². The van der Waals surface area contributed by atoms with Gasteiger partial charge in [-0.15, -0.1) is 0 Å². The molecule has 0 bridgehead atoms. The van der Waals surface area contributed by atoms with Crippen LogP contribution in [0.2, 0.25) is 0 Å². The molecule has 0 saturated heterocycles. The van der Waals surface area contributed by atoms with E-state index in [1.165, 1.54) is 24.0 Å². The van der Waals surface area contributed by atoms with Crippen molar-refractivity contribution >= 4 is 0 Å². The molecule has 0 radical (unpaired) electrons. The van der Waals surface area contributed by atoms with Crippen LogP contribution in [0, 0.1) is 13.8 Å². The molecule has 1 aromatic rings. The Balaban J connectivity index is 1.79. The molecule has 1 aromatic carbocycles. The lowest BCUT2D eigenvalue weighted by Crippen LogP contribution is -2.23. The van der Waals surface area contributed by atoms with E-state index in [-0.39, 0.29) is 6.10 Å². The van der Waals surface area contributed by atoms with Crippen molar-refractivity contribution in [3.63, 3.8) is 0 Å². The third-order valence-corrected chi connectivity index (χ3v) is 3.44. The maximum absolute atomic E-state index is 5.99. The highest BCUT2D eigenvalue weighted by atomic mass is 16.5. The zero-order valence-corrected chi connectivity index (χ0v) is 11.1. The summed E-state index contributed by atoms with van der Waals surface area (Å²) in [5, 5.41) is 3.52. The zero-order chi connectivity index (χ0) is 12.3. The highest BCUT2D eigenvalue weighted by molar-refractivity contribution is 5.38. The van der Waals surface area contributed by atoms with Gasteiger partial charge in [0, 0.05) is 6.04 Å². The molecule has 1 unspecified atom stereocenters. The van der Waals surface area contributed by atoms with Crippen molar-refractivity contribution in [3.05, 3.63) is 29.3 Å². The average molecular weight is 233 g/mol. The maximum atomic E-state index is 5.99. The molecule has 17 heavy (non-hydrogen) atoms. The number of rotatable bonds is 6. The number of benzene rings is 1. The molecule has 1 aliphatic rings. The van der Waals surface area contributed by atoms with Crippen molar-refractivity contribution in [1.82, 2.24) is 5.32 Å². The first-order valence-electron chi connectivity index (χ1n) is 6.63. The van der Waals surface area contributed by atoms with Crippen molar-refractivity contribution in [1.29, 1.82) is 0 Å². The summed E-state index contributed by atoms with van der Waals surface area (Å²) in [4.78, 5) is 0. The van der Waals surface area contributed by atoms with Gasteiger partial charge < -0.3 is 10.1 Å². The van der Waals surface area contributed by atoms with Crippen molar-refractivity contribution < 1.29 is 4.74 Å². The van der Waals surface area contributed by atoms with Gasteiger partial charge in [0.25, 0.3) is 0 Å². The molecular weight excluding hydrogens is 210 g/mol.